The number of carboxylic acids is 1. The predicted molar refractivity (Wildman–Crippen MR) is 68.6 cm³/mol. The van der Waals surface area contributed by atoms with Crippen LogP contribution in [0.25, 0.3) is 0 Å². The number of aryl methyl sites for hydroxylation is 2. The molecular formula is C13H19NO2S. The number of aliphatic carboxylic acids is 1. The number of nitrogens with zero attached hydrogens (tertiary/aromatic N) is 1. The smallest absolute Gasteiger partial charge is 0.306 e. The molecule has 0 amide bonds. The molecule has 1 N–H and O–H groups in total. The van der Waals surface area contributed by atoms with E-state index in [1.165, 1.54) is 9.88 Å². The minimum atomic E-state index is -0.626. The van der Waals surface area contributed by atoms with Crippen LogP contribution >= 0.6 is 11.3 Å². The Kier molecular flexibility index (Phi) is 3.82. The number of rotatable bonds is 3. The molecule has 0 saturated heterocycles. The summed E-state index contributed by atoms with van der Waals surface area (Å²) >= 11 is 1.82. The first-order valence-corrected chi connectivity index (χ1v) is 7.12. The second kappa shape index (κ2) is 5.17. The maximum Gasteiger partial charge on any atom is 0.306 e. The highest BCUT2D eigenvalue weighted by molar-refractivity contribution is 7.11. The Hall–Kier alpha value is -0.900. The lowest BCUT2D eigenvalue weighted by molar-refractivity contribution is -0.142. The van der Waals surface area contributed by atoms with Crippen LogP contribution in [-0.4, -0.2) is 16.1 Å². The fourth-order valence-corrected chi connectivity index (χ4v) is 3.77. The molecule has 0 unspecified atom stereocenters. The molecule has 94 valence electrons. The molecule has 0 atom stereocenters. The zero-order valence-corrected chi connectivity index (χ0v) is 11.2. The topological polar surface area (TPSA) is 50.2 Å². The van der Waals surface area contributed by atoms with E-state index in [9.17, 15) is 4.79 Å². The van der Waals surface area contributed by atoms with Gasteiger partial charge in [0.25, 0.3) is 0 Å². The van der Waals surface area contributed by atoms with Gasteiger partial charge < -0.3 is 5.11 Å². The van der Waals surface area contributed by atoms with Crippen LogP contribution in [0.15, 0.2) is 0 Å². The van der Waals surface area contributed by atoms with Crippen molar-refractivity contribution < 1.29 is 9.90 Å². The molecule has 3 nitrogen and oxygen atoms in total. The van der Waals surface area contributed by atoms with Crippen molar-refractivity contribution >= 4 is 17.3 Å². The quantitative estimate of drug-likeness (QED) is 0.898. The van der Waals surface area contributed by atoms with Gasteiger partial charge in [-0.05, 0) is 44.9 Å². The van der Waals surface area contributed by atoms with Gasteiger partial charge in [0.2, 0.25) is 0 Å². The van der Waals surface area contributed by atoms with E-state index in [0.717, 1.165) is 37.8 Å². The molecule has 1 heterocycles. The van der Waals surface area contributed by atoms with Gasteiger partial charge in [0.05, 0.1) is 16.6 Å². The summed E-state index contributed by atoms with van der Waals surface area (Å²) in [6.45, 7) is 4.21. The van der Waals surface area contributed by atoms with Crippen molar-refractivity contribution in [2.75, 3.05) is 0 Å². The average Bonchev–Trinajstić information content (AvgIpc) is 2.71. The Morgan fingerprint density at radius 3 is 2.53 bits per heavy atom. The van der Waals surface area contributed by atoms with Gasteiger partial charge in [0, 0.05) is 4.88 Å². The van der Waals surface area contributed by atoms with Gasteiger partial charge in [-0.15, -0.1) is 11.3 Å². The monoisotopic (exact) mass is 253 g/mol. The average molecular weight is 253 g/mol. The first-order chi connectivity index (χ1) is 8.11. The van der Waals surface area contributed by atoms with E-state index in [1.807, 2.05) is 11.3 Å². The first-order valence-electron chi connectivity index (χ1n) is 6.30. The molecule has 2 rings (SSSR count). The third-order valence-corrected chi connectivity index (χ3v) is 5.09. The minimum absolute atomic E-state index is 0.120. The molecule has 0 radical (unpaired) electrons. The summed E-state index contributed by atoms with van der Waals surface area (Å²) in [5.41, 5.74) is 1.16. The molecule has 1 aliphatic rings. The van der Waals surface area contributed by atoms with Gasteiger partial charge in [0.1, 0.15) is 0 Å². The Morgan fingerprint density at radius 1 is 1.41 bits per heavy atom. The third kappa shape index (κ3) is 2.68. The van der Waals surface area contributed by atoms with Gasteiger partial charge in [-0.2, -0.15) is 0 Å². The van der Waals surface area contributed by atoms with Crippen molar-refractivity contribution in [3.63, 3.8) is 0 Å². The van der Waals surface area contributed by atoms with E-state index < -0.39 is 5.97 Å². The fraction of sp³-hybridized carbons (Fsp3) is 0.692. The largest absolute Gasteiger partial charge is 0.481 e. The number of carboxylic acid groups (broad SMARTS) is 1. The Bertz CT molecular complexity index is 406. The van der Waals surface area contributed by atoms with Crippen LogP contribution < -0.4 is 0 Å². The lowest BCUT2D eigenvalue weighted by Gasteiger charge is -2.25. The number of aromatic nitrogens is 1. The van der Waals surface area contributed by atoms with Crippen molar-refractivity contribution in [3.05, 3.63) is 15.6 Å². The molecule has 0 aliphatic heterocycles. The molecule has 1 aromatic rings. The van der Waals surface area contributed by atoms with Crippen LogP contribution in [0.4, 0.5) is 0 Å². The maximum atomic E-state index is 10.9. The SMILES string of the molecule is CCc1nc(C)c(C2CCC(C(=O)O)CC2)s1. The molecular weight excluding hydrogens is 234 g/mol. The highest BCUT2D eigenvalue weighted by Gasteiger charge is 2.28. The summed E-state index contributed by atoms with van der Waals surface area (Å²) < 4.78 is 0. The molecule has 1 fully saturated rings. The van der Waals surface area contributed by atoms with Crippen LogP contribution in [0.5, 0.6) is 0 Å². The van der Waals surface area contributed by atoms with Crippen molar-refractivity contribution in [1.82, 2.24) is 4.98 Å². The lowest BCUT2D eigenvalue weighted by atomic mass is 9.81. The van der Waals surface area contributed by atoms with E-state index >= 15 is 0 Å². The van der Waals surface area contributed by atoms with Gasteiger partial charge in [-0.3, -0.25) is 4.79 Å². The summed E-state index contributed by atoms with van der Waals surface area (Å²) in [4.78, 5) is 16.9. The summed E-state index contributed by atoms with van der Waals surface area (Å²) in [5.74, 6) is -0.202. The second-order valence-electron chi connectivity index (χ2n) is 4.80. The number of carbonyl (C=O) groups is 1. The summed E-state index contributed by atoms with van der Waals surface area (Å²) in [5, 5.41) is 10.2. The molecule has 1 aliphatic carbocycles. The minimum Gasteiger partial charge on any atom is -0.481 e. The van der Waals surface area contributed by atoms with E-state index in [-0.39, 0.29) is 5.92 Å². The number of hydrogen-bond donors (Lipinski definition) is 1. The highest BCUT2D eigenvalue weighted by Crippen LogP contribution is 2.39. The summed E-state index contributed by atoms with van der Waals surface area (Å²) in [6, 6.07) is 0. The molecule has 0 aromatic carbocycles. The summed E-state index contributed by atoms with van der Waals surface area (Å²) in [7, 11) is 0. The highest BCUT2D eigenvalue weighted by atomic mass is 32.1. The van der Waals surface area contributed by atoms with Crippen molar-refractivity contribution in [2.45, 2.75) is 51.9 Å². The van der Waals surface area contributed by atoms with Crippen LogP contribution in [0.3, 0.4) is 0 Å². The zero-order chi connectivity index (χ0) is 12.4. The molecule has 0 spiro atoms. The van der Waals surface area contributed by atoms with Crippen LogP contribution in [-0.2, 0) is 11.2 Å². The van der Waals surface area contributed by atoms with Gasteiger partial charge >= 0.3 is 5.97 Å². The van der Waals surface area contributed by atoms with Crippen molar-refractivity contribution in [2.24, 2.45) is 5.92 Å². The Balaban J connectivity index is 2.05. The van der Waals surface area contributed by atoms with Crippen molar-refractivity contribution in [3.8, 4) is 0 Å². The van der Waals surface area contributed by atoms with Gasteiger partial charge in [0.15, 0.2) is 0 Å². The second-order valence-corrected chi connectivity index (χ2v) is 5.91. The third-order valence-electron chi connectivity index (χ3n) is 3.63. The normalized spacial score (nSPS) is 24.8. The van der Waals surface area contributed by atoms with Crippen molar-refractivity contribution in [1.29, 1.82) is 0 Å². The maximum absolute atomic E-state index is 10.9. The Morgan fingerprint density at radius 2 is 2.06 bits per heavy atom. The zero-order valence-electron chi connectivity index (χ0n) is 10.4. The van der Waals surface area contributed by atoms with Crippen LogP contribution in [0, 0.1) is 12.8 Å². The van der Waals surface area contributed by atoms with E-state index in [0.29, 0.717) is 5.92 Å². The van der Waals surface area contributed by atoms with E-state index in [2.05, 4.69) is 18.8 Å². The van der Waals surface area contributed by atoms with E-state index in [1.54, 1.807) is 0 Å². The van der Waals surface area contributed by atoms with Gasteiger partial charge in [-0.25, -0.2) is 4.98 Å². The fourth-order valence-electron chi connectivity index (χ4n) is 2.60. The summed E-state index contributed by atoms with van der Waals surface area (Å²) in [6.07, 6.45) is 4.64. The molecule has 0 bridgehead atoms. The molecule has 17 heavy (non-hydrogen) atoms. The first kappa shape index (κ1) is 12.6. The Labute approximate surface area is 106 Å². The van der Waals surface area contributed by atoms with E-state index in [4.69, 9.17) is 5.11 Å². The van der Waals surface area contributed by atoms with Crippen LogP contribution in [0.2, 0.25) is 0 Å². The molecule has 4 heteroatoms. The number of hydrogen-bond acceptors (Lipinski definition) is 3. The molecule has 1 saturated carbocycles. The van der Waals surface area contributed by atoms with Crippen LogP contribution in [0.1, 0.15) is 54.1 Å². The standard InChI is InChI=1S/C13H19NO2S/c1-3-11-14-8(2)12(17-11)9-4-6-10(7-5-9)13(15)16/h9-10H,3-7H2,1-2H3,(H,15,16). The predicted octanol–water partition coefficient (Wildman–Crippen LogP) is 3.37. The van der Waals surface area contributed by atoms with Gasteiger partial charge in [-0.1, -0.05) is 6.92 Å². The lowest BCUT2D eigenvalue weighted by Crippen LogP contribution is -2.20. The molecule has 1 aromatic heterocycles. The number of thiazole rings is 1.